The number of hydrogen-bond donors (Lipinski definition) is 0. The number of hydrogen-bond acceptors (Lipinski definition) is 2. The summed E-state index contributed by atoms with van der Waals surface area (Å²) in [6.07, 6.45) is -0.518. The topological polar surface area (TPSA) is 26.3 Å². The zero-order valence-corrected chi connectivity index (χ0v) is 6.94. The van der Waals surface area contributed by atoms with Gasteiger partial charge in [-0.3, -0.25) is 0 Å². The molecule has 0 fully saturated rings. The number of rotatable bonds is 4. The van der Waals surface area contributed by atoms with E-state index >= 15 is 0 Å². The molecule has 2 nitrogen and oxygen atoms in total. The average Bonchev–Trinajstić information content (AvgIpc) is 1.99. The van der Waals surface area contributed by atoms with Crippen molar-refractivity contribution >= 4 is 5.97 Å². The van der Waals surface area contributed by atoms with E-state index in [0.717, 1.165) is 0 Å². The molecule has 0 N–H and O–H groups in total. The van der Waals surface area contributed by atoms with Crippen molar-refractivity contribution in [2.24, 2.45) is 5.92 Å². The highest BCUT2D eigenvalue weighted by atomic mass is 19.3. The van der Waals surface area contributed by atoms with Crippen LogP contribution in [0.1, 0.15) is 26.7 Å². The van der Waals surface area contributed by atoms with E-state index in [2.05, 4.69) is 4.94 Å². The van der Waals surface area contributed by atoms with Gasteiger partial charge in [0.1, 0.15) is 0 Å². The normalized spacial score (nSPS) is 11.8. The largest absolute Gasteiger partial charge is 0.417 e. The molecule has 0 rings (SSSR count). The molecule has 0 amide bonds. The highest BCUT2D eigenvalue weighted by Gasteiger charge is 2.41. The number of carbonyl (C=O) groups is 1. The Balaban J connectivity index is 3.95. The summed E-state index contributed by atoms with van der Waals surface area (Å²) in [6.45, 7) is 3.47. The summed E-state index contributed by atoms with van der Waals surface area (Å²) in [5.74, 6) is -5.76. The lowest BCUT2D eigenvalue weighted by atomic mass is 10.0. The first-order valence-electron chi connectivity index (χ1n) is 3.61. The molecular formula is C7H11F3O2. The molecule has 0 saturated heterocycles. The lowest BCUT2D eigenvalue weighted by Crippen LogP contribution is -2.29. The molecule has 0 aliphatic rings. The molecule has 0 saturated carbocycles. The quantitative estimate of drug-likeness (QED) is 0.670. The monoisotopic (exact) mass is 184 g/mol. The molecule has 0 aromatic heterocycles. The fraction of sp³-hybridized carbons (Fsp3) is 0.857. The Bertz CT molecular complexity index is 157. The maximum atomic E-state index is 12.5. The highest BCUT2D eigenvalue weighted by Crippen LogP contribution is 2.24. The molecule has 12 heavy (non-hydrogen) atoms. The van der Waals surface area contributed by atoms with Crippen molar-refractivity contribution < 1.29 is 23.0 Å². The molecule has 0 aromatic carbocycles. The second-order valence-corrected chi connectivity index (χ2v) is 3.00. The minimum Gasteiger partial charge on any atom is -0.248 e. The molecule has 0 unspecified atom stereocenters. The van der Waals surface area contributed by atoms with Crippen LogP contribution in [0.15, 0.2) is 0 Å². The Labute approximate surface area is 68.6 Å². The summed E-state index contributed by atoms with van der Waals surface area (Å²) in [5, 5.41) is 0. The van der Waals surface area contributed by atoms with Gasteiger partial charge in [-0.15, -0.1) is 0 Å². The molecule has 0 aromatic rings. The molecule has 0 spiro atoms. The van der Waals surface area contributed by atoms with Gasteiger partial charge in [0.05, 0.1) is 0 Å². The Morgan fingerprint density at radius 2 is 2.00 bits per heavy atom. The van der Waals surface area contributed by atoms with Crippen LogP contribution < -0.4 is 0 Å². The summed E-state index contributed by atoms with van der Waals surface area (Å²) in [5.41, 5.74) is 0. The Morgan fingerprint density at radius 1 is 1.50 bits per heavy atom. The van der Waals surface area contributed by atoms with Crippen molar-refractivity contribution in [3.05, 3.63) is 0 Å². The molecule has 0 aliphatic carbocycles. The van der Waals surface area contributed by atoms with E-state index in [1.807, 2.05) is 0 Å². The third-order valence-corrected chi connectivity index (χ3v) is 1.40. The van der Waals surface area contributed by atoms with E-state index in [1.165, 1.54) is 0 Å². The predicted octanol–water partition coefficient (Wildman–Crippen LogP) is 2.49. The molecule has 72 valence electrons. The zero-order chi connectivity index (χ0) is 9.78. The summed E-state index contributed by atoms with van der Waals surface area (Å²) in [4.78, 5) is 12.6. The maximum Gasteiger partial charge on any atom is 0.417 e. The van der Waals surface area contributed by atoms with Crippen molar-refractivity contribution in [1.82, 2.24) is 0 Å². The van der Waals surface area contributed by atoms with Crippen LogP contribution in [0.3, 0.4) is 0 Å². The van der Waals surface area contributed by atoms with Crippen LogP contribution in [0.25, 0.3) is 0 Å². The van der Waals surface area contributed by atoms with Gasteiger partial charge in [0.2, 0.25) is 0 Å². The lowest BCUT2D eigenvalue weighted by Gasteiger charge is -2.12. The maximum absolute atomic E-state index is 12.5. The molecule has 0 aliphatic heterocycles. The number of halogens is 3. The van der Waals surface area contributed by atoms with Gasteiger partial charge >= 0.3 is 11.9 Å². The minimum atomic E-state index is -3.70. The molecule has 0 bridgehead atoms. The zero-order valence-electron chi connectivity index (χ0n) is 6.94. The Morgan fingerprint density at radius 3 is 2.33 bits per heavy atom. The van der Waals surface area contributed by atoms with Crippen LogP contribution in [-0.4, -0.2) is 11.9 Å². The third-order valence-electron chi connectivity index (χ3n) is 1.40. The molecular weight excluding hydrogens is 173 g/mol. The van der Waals surface area contributed by atoms with Gasteiger partial charge in [0.25, 0.3) is 0 Å². The van der Waals surface area contributed by atoms with Crippen LogP contribution in [-0.2, 0) is 9.74 Å². The van der Waals surface area contributed by atoms with E-state index in [0.29, 0.717) is 0 Å². The average molecular weight is 184 g/mol. The van der Waals surface area contributed by atoms with Crippen molar-refractivity contribution in [3.63, 3.8) is 0 Å². The van der Waals surface area contributed by atoms with E-state index < -0.39 is 18.3 Å². The summed E-state index contributed by atoms with van der Waals surface area (Å²) >= 11 is 0. The van der Waals surface area contributed by atoms with Gasteiger partial charge in [-0.1, -0.05) is 13.8 Å². The second-order valence-electron chi connectivity index (χ2n) is 3.00. The van der Waals surface area contributed by atoms with E-state index in [-0.39, 0.29) is 12.3 Å². The SMILES string of the molecule is CC(C)CCC(F)(F)C(=O)OF. The lowest BCUT2D eigenvalue weighted by molar-refractivity contribution is -0.212. The van der Waals surface area contributed by atoms with E-state index in [9.17, 15) is 18.1 Å². The minimum absolute atomic E-state index is 0.0447. The number of carbonyl (C=O) groups excluding carboxylic acids is 1. The fourth-order valence-electron chi connectivity index (χ4n) is 0.628. The summed E-state index contributed by atoms with van der Waals surface area (Å²) in [7, 11) is 0. The molecule has 0 heterocycles. The van der Waals surface area contributed by atoms with Crippen molar-refractivity contribution in [2.75, 3.05) is 0 Å². The van der Waals surface area contributed by atoms with Crippen LogP contribution in [0.2, 0.25) is 0 Å². The first-order valence-corrected chi connectivity index (χ1v) is 3.61. The predicted molar refractivity (Wildman–Crippen MR) is 36.2 cm³/mol. The highest BCUT2D eigenvalue weighted by molar-refractivity contribution is 5.76. The van der Waals surface area contributed by atoms with Gasteiger partial charge < -0.3 is 0 Å². The van der Waals surface area contributed by atoms with Crippen LogP contribution in [0, 0.1) is 5.92 Å². The first kappa shape index (κ1) is 11.3. The van der Waals surface area contributed by atoms with Gasteiger partial charge in [-0.2, -0.15) is 8.78 Å². The van der Waals surface area contributed by atoms with Crippen molar-refractivity contribution in [2.45, 2.75) is 32.6 Å². The van der Waals surface area contributed by atoms with E-state index in [1.54, 1.807) is 13.8 Å². The van der Waals surface area contributed by atoms with Crippen molar-refractivity contribution in [1.29, 1.82) is 0 Å². The van der Waals surface area contributed by atoms with Gasteiger partial charge in [-0.25, -0.2) is 9.74 Å². The van der Waals surface area contributed by atoms with Gasteiger partial charge in [0.15, 0.2) is 0 Å². The van der Waals surface area contributed by atoms with Gasteiger partial charge in [0, 0.05) is 10.9 Å². The summed E-state index contributed by atoms with van der Waals surface area (Å²) in [6, 6.07) is 0. The third kappa shape index (κ3) is 3.59. The smallest absolute Gasteiger partial charge is 0.248 e. The van der Waals surface area contributed by atoms with Crippen LogP contribution in [0.4, 0.5) is 13.3 Å². The molecule has 5 heteroatoms. The number of alkyl halides is 2. The second kappa shape index (κ2) is 4.33. The summed E-state index contributed by atoms with van der Waals surface area (Å²) < 4.78 is 36.0. The Kier molecular flexibility index (Phi) is 4.06. The fourth-order valence-corrected chi connectivity index (χ4v) is 0.628. The van der Waals surface area contributed by atoms with Crippen molar-refractivity contribution in [3.8, 4) is 0 Å². The van der Waals surface area contributed by atoms with E-state index in [4.69, 9.17) is 0 Å². The standard InChI is InChI=1S/C7H11F3O2/c1-5(2)3-4-7(8,9)6(11)12-10/h5H,3-4H2,1-2H3. The van der Waals surface area contributed by atoms with Crippen LogP contribution in [0.5, 0.6) is 0 Å². The first-order chi connectivity index (χ1) is 5.40. The van der Waals surface area contributed by atoms with Gasteiger partial charge in [-0.05, 0) is 12.3 Å². The molecule has 0 radical (unpaired) electrons. The van der Waals surface area contributed by atoms with Crippen LogP contribution >= 0.6 is 0 Å². The molecule has 0 atom stereocenters. The Hall–Kier alpha value is -0.740.